The Hall–Kier alpha value is -2.96. The van der Waals surface area contributed by atoms with Crippen molar-refractivity contribution in [3.8, 4) is 10.6 Å². The second kappa shape index (κ2) is 8.19. The maximum atomic E-state index is 13.4. The summed E-state index contributed by atoms with van der Waals surface area (Å²) in [6.45, 7) is 2.11. The van der Waals surface area contributed by atoms with Gasteiger partial charge in [0, 0.05) is 10.9 Å². The highest BCUT2D eigenvalue weighted by Crippen LogP contribution is 2.28. The molecule has 0 aliphatic rings. The predicted molar refractivity (Wildman–Crippen MR) is 119 cm³/mol. The summed E-state index contributed by atoms with van der Waals surface area (Å²) in [5, 5.41) is 2.80. The molecular formula is C23H20N2O2S2. The maximum absolute atomic E-state index is 13.4. The zero-order valence-corrected chi connectivity index (χ0v) is 17.5. The van der Waals surface area contributed by atoms with E-state index < -0.39 is 10.0 Å². The van der Waals surface area contributed by atoms with Gasteiger partial charge in [0.2, 0.25) is 0 Å². The Kier molecular flexibility index (Phi) is 5.47. The number of anilines is 1. The molecule has 4 aromatic rings. The van der Waals surface area contributed by atoms with Crippen LogP contribution in [-0.2, 0) is 16.6 Å². The van der Waals surface area contributed by atoms with Crippen LogP contribution in [0.15, 0.2) is 95.2 Å². The zero-order chi connectivity index (χ0) is 20.3. The Labute approximate surface area is 175 Å². The molecule has 0 saturated heterocycles. The molecule has 3 aromatic carbocycles. The molecule has 0 amide bonds. The Morgan fingerprint density at radius 3 is 2.14 bits per heavy atom. The van der Waals surface area contributed by atoms with Crippen LogP contribution in [-0.4, -0.2) is 13.4 Å². The number of hydrogen-bond donors (Lipinski definition) is 0. The van der Waals surface area contributed by atoms with Crippen LogP contribution < -0.4 is 4.31 Å². The molecule has 0 bridgehead atoms. The van der Waals surface area contributed by atoms with Gasteiger partial charge >= 0.3 is 0 Å². The summed E-state index contributed by atoms with van der Waals surface area (Å²) in [7, 11) is -3.73. The van der Waals surface area contributed by atoms with E-state index >= 15 is 0 Å². The van der Waals surface area contributed by atoms with Crippen LogP contribution in [0, 0.1) is 6.92 Å². The standard InChI is InChI=1S/C23H20N2O2S2/c1-18-12-14-22(15-13-18)29(26,27)25(21-10-6-3-7-11-21)16-20-17-28-23(24-20)19-8-4-2-5-9-19/h2-15,17H,16H2,1H3. The third-order valence-corrected chi connectivity index (χ3v) is 7.26. The molecule has 29 heavy (non-hydrogen) atoms. The van der Waals surface area contributed by atoms with Gasteiger partial charge in [-0.2, -0.15) is 0 Å². The molecular weight excluding hydrogens is 400 g/mol. The largest absolute Gasteiger partial charge is 0.264 e. The van der Waals surface area contributed by atoms with Crippen LogP contribution >= 0.6 is 11.3 Å². The summed E-state index contributed by atoms with van der Waals surface area (Å²) in [4.78, 5) is 4.95. The number of aryl methyl sites for hydroxylation is 1. The first kappa shape index (κ1) is 19.4. The van der Waals surface area contributed by atoms with Crippen LogP contribution in [0.4, 0.5) is 5.69 Å². The maximum Gasteiger partial charge on any atom is 0.264 e. The van der Waals surface area contributed by atoms with Gasteiger partial charge in [-0.15, -0.1) is 11.3 Å². The van der Waals surface area contributed by atoms with Gasteiger partial charge in [0.1, 0.15) is 5.01 Å². The Balaban J connectivity index is 1.71. The van der Waals surface area contributed by atoms with E-state index in [1.54, 1.807) is 24.3 Å². The summed E-state index contributed by atoms with van der Waals surface area (Å²) in [5.74, 6) is 0. The average molecular weight is 421 g/mol. The van der Waals surface area contributed by atoms with Crippen molar-refractivity contribution >= 4 is 27.0 Å². The summed E-state index contributed by atoms with van der Waals surface area (Å²) in [6, 6.07) is 26.0. The van der Waals surface area contributed by atoms with Crippen LogP contribution in [0.3, 0.4) is 0 Å². The molecule has 0 aliphatic heterocycles. The summed E-state index contributed by atoms with van der Waals surface area (Å²) in [5.41, 5.74) is 3.37. The van der Waals surface area contributed by atoms with Crippen molar-refractivity contribution in [1.29, 1.82) is 0 Å². The third-order valence-electron chi connectivity index (χ3n) is 4.53. The van der Waals surface area contributed by atoms with Crippen molar-refractivity contribution in [2.24, 2.45) is 0 Å². The fourth-order valence-electron chi connectivity index (χ4n) is 2.99. The van der Waals surface area contributed by atoms with Gasteiger partial charge in [0.25, 0.3) is 10.0 Å². The number of benzene rings is 3. The predicted octanol–water partition coefficient (Wildman–Crippen LogP) is 5.51. The van der Waals surface area contributed by atoms with Crippen LogP contribution in [0.25, 0.3) is 10.6 Å². The Morgan fingerprint density at radius 1 is 0.862 bits per heavy atom. The average Bonchev–Trinajstić information content (AvgIpc) is 3.22. The minimum atomic E-state index is -3.73. The molecule has 0 saturated carbocycles. The van der Waals surface area contributed by atoms with Gasteiger partial charge in [-0.1, -0.05) is 66.2 Å². The van der Waals surface area contributed by atoms with Crippen molar-refractivity contribution in [1.82, 2.24) is 4.98 Å². The minimum Gasteiger partial charge on any atom is -0.260 e. The van der Waals surface area contributed by atoms with E-state index in [2.05, 4.69) is 4.98 Å². The van der Waals surface area contributed by atoms with Gasteiger partial charge in [-0.05, 0) is 31.2 Å². The summed E-state index contributed by atoms with van der Waals surface area (Å²) >= 11 is 1.52. The topological polar surface area (TPSA) is 50.3 Å². The molecule has 0 spiro atoms. The molecule has 0 radical (unpaired) electrons. The lowest BCUT2D eigenvalue weighted by atomic mass is 10.2. The van der Waals surface area contributed by atoms with Gasteiger partial charge in [-0.3, -0.25) is 4.31 Å². The molecule has 1 heterocycles. The SMILES string of the molecule is Cc1ccc(S(=O)(=O)N(Cc2csc(-c3ccccc3)n2)c2ccccc2)cc1. The normalized spacial score (nSPS) is 11.3. The van der Waals surface area contributed by atoms with E-state index in [9.17, 15) is 8.42 Å². The molecule has 4 rings (SSSR count). The summed E-state index contributed by atoms with van der Waals surface area (Å²) in [6.07, 6.45) is 0. The van der Waals surface area contributed by atoms with Crippen LogP contribution in [0.2, 0.25) is 0 Å². The number of nitrogens with zero attached hydrogens (tertiary/aromatic N) is 2. The second-order valence-electron chi connectivity index (χ2n) is 6.67. The molecule has 0 N–H and O–H groups in total. The number of hydrogen-bond acceptors (Lipinski definition) is 4. The number of rotatable bonds is 6. The number of aromatic nitrogens is 1. The minimum absolute atomic E-state index is 0.170. The van der Waals surface area contributed by atoms with E-state index in [1.807, 2.05) is 73.0 Å². The first-order chi connectivity index (χ1) is 14.0. The van der Waals surface area contributed by atoms with Gasteiger partial charge in [0.15, 0.2) is 0 Å². The second-order valence-corrected chi connectivity index (χ2v) is 9.39. The molecule has 6 heteroatoms. The lowest BCUT2D eigenvalue weighted by Gasteiger charge is -2.24. The first-order valence-corrected chi connectivity index (χ1v) is 11.5. The molecule has 146 valence electrons. The van der Waals surface area contributed by atoms with Crippen molar-refractivity contribution in [3.05, 3.63) is 102 Å². The zero-order valence-electron chi connectivity index (χ0n) is 15.9. The van der Waals surface area contributed by atoms with Gasteiger partial charge in [-0.25, -0.2) is 13.4 Å². The van der Waals surface area contributed by atoms with Gasteiger partial charge < -0.3 is 0 Å². The van der Waals surface area contributed by atoms with E-state index in [4.69, 9.17) is 0 Å². The number of para-hydroxylation sites is 1. The molecule has 0 unspecified atom stereocenters. The smallest absolute Gasteiger partial charge is 0.260 e. The molecule has 4 nitrogen and oxygen atoms in total. The van der Waals surface area contributed by atoms with E-state index in [0.29, 0.717) is 11.4 Å². The first-order valence-electron chi connectivity index (χ1n) is 9.18. The van der Waals surface area contributed by atoms with Gasteiger partial charge in [0.05, 0.1) is 22.8 Å². The number of sulfonamides is 1. The Morgan fingerprint density at radius 2 is 1.48 bits per heavy atom. The number of thiazole rings is 1. The highest BCUT2D eigenvalue weighted by atomic mass is 32.2. The van der Waals surface area contributed by atoms with E-state index in [-0.39, 0.29) is 11.4 Å². The highest BCUT2D eigenvalue weighted by molar-refractivity contribution is 7.92. The van der Waals surface area contributed by atoms with Crippen molar-refractivity contribution < 1.29 is 8.42 Å². The van der Waals surface area contributed by atoms with E-state index in [1.165, 1.54) is 15.6 Å². The fourth-order valence-corrected chi connectivity index (χ4v) is 5.24. The van der Waals surface area contributed by atoms with Crippen LogP contribution in [0.1, 0.15) is 11.3 Å². The van der Waals surface area contributed by atoms with Crippen molar-refractivity contribution in [2.45, 2.75) is 18.4 Å². The van der Waals surface area contributed by atoms with E-state index in [0.717, 1.165) is 16.1 Å². The quantitative estimate of drug-likeness (QED) is 0.413. The Bertz CT molecular complexity index is 1190. The fraction of sp³-hybridized carbons (Fsp3) is 0.0870. The van der Waals surface area contributed by atoms with Crippen molar-refractivity contribution in [3.63, 3.8) is 0 Å². The monoisotopic (exact) mass is 420 g/mol. The highest BCUT2D eigenvalue weighted by Gasteiger charge is 2.26. The summed E-state index contributed by atoms with van der Waals surface area (Å²) < 4.78 is 28.3. The van der Waals surface area contributed by atoms with Crippen LogP contribution in [0.5, 0.6) is 0 Å². The lowest BCUT2D eigenvalue weighted by molar-refractivity contribution is 0.590. The molecule has 0 atom stereocenters. The molecule has 0 aliphatic carbocycles. The molecule has 1 aromatic heterocycles. The third kappa shape index (κ3) is 4.23. The molecule has 0 fully saturated rings. The lowest BCUT2D eigenvalue weighted by Crippen LogP contribution is -2.30. The van der Waals surface area contributed by atoms with Crippen molar-refractivity contribution in [2.75, 3.05) is 4.31 Å².